The van der Waals surface area contributed by atoms with Gasteiger partial charge in [-0.3, -0.25) is 24.5 Å². The number of piperazine rings is 1. The van der Waals surface area contributed by atoms with E-state index >= 15 is 0 Å². The summed E-state index contributed by atoms with van der Waals surface area (Å²) in [5.74, 6) is 0.499. The van der Waals surface area contributed by atoms with E-state index in [0.717, 1.165) is 6.42 Å². The molecule has 3 aliphatic rings. The molecule has 3 saturated heterocycles. The van der Waals surface area contributed by atoms with E-state index in [2.05, 4.69) is 16.0 Å². The summed E-state index contributed by atoms with van der Waals surface area (Å²) in [4.78, 5) is 54.9. The molecule has 0 aliphatic carbocycles. The van der Waals surface area contributed by atoms with E-state index < -0.39 is 12.1 Å². The van der Waals surface area contributed by atoms with Crippen molar-refractivity contribution in [1.82, 2.24) is 25.8 Å². The van der Waals surface area contributed by atoms with Crippen LogP contribution in [0.2, 0.25) is 0 Å². The molecule has 1 aromatic heterocycles. The first kappa shape index (κ1) is 21.1. The Hall–Kier alpha value is -2.11. The first-order chi connectivity index (χ1) is 14.5. The van der Waals surface area contributed by atoms with Gasteiger partial charge >= 0.3 is 0 Å². The fraction of sp³-hybridized carbons (Fsp3) is 0.579. The standard InChI is InChI=1S/C19H25N5O4S2/c25-16-12(3-1-5-20-16)22-17(26)14-9-23(19(28)15-4-2-8-30-15)6-7-24(14)18(27)13-10-29-11-21-13/h2,4,8,12-14,21H,1,3,5-7,9-11H2,(H,20,25)(H,22,26)/t12-,13-,14-/m1/s1. The van der Waals surface area contributed by atoms with Crippen LogP contribution in [-0.4, -0.2) is 89.4 Å². The van der Waals surface area contributed by atoms with Gasteiger partial charge in [0.15, 0.2) is 0 Å². The van der Waals surface area contributed by atoms with Gasteiger partial charge in [0.25, 0.3) is 5.91 Å². The highest BCUT2D eigenvalue weighted by atomic mass is 32.2. The normalized spacial score (nSPS) is 26.9. The molecule has 3 N–H and O–H groups in total. The molecule has 3 atom stereocenters. The summed E-state index contributed by atoms with van der Waals surface area (Å²) in [5.41, 5.74) is 0. The zero-order valence-electron chi connectivity index (χ0n) is 16.5. The second kappa shape index (κ2) is 9.36. The Bertz CT molecular complexity index is 812. The Labute approximate surface area is 182 Å². The Morgan fingerprint density at radius 3 is 2.80 bits per heavy atom. The van der Waals surface area contributed by atoms with Crippen LogP contribution in [0.15, 0.2) is 17.5 Å². The van der Waals surface area contributed by atoms with Gasteiger partial charge in [-0.1, -0.05) is 6.07 Å². The Balaban J connectivity index is 1.51. The third-order valence-electron chi connectivity index (χ3n) is 5.60. The second-order valence-electron chi connectivity index (χ2n) is 7.54. The molecule has 0 aromatic carbocycles. The highest BCUT2D eigenvalue weighted by Crippen LogP contribution is 2.20. The number of piperidine rings is 1. The number of nitrogens with one attached hydrogen (secondary N) is 3. The molecule has 0 unspecified atom stereocenters. The highest BCUT2D eigenvalue weighted by molar-refractivity contribution is 7.99. The van der Waals surface area contributed by atoms with Crippen LogP contribution in [0.1, 0.15) is 22.5 Å². The molecule has 4 amide bonds. The first-order valence-corrected chi connectivity index (χ1v) is 12.1. The average molecular weight is 452 g/mol. The summed E-state index contributed by atoms with van der Waals surface area (Å²) in [6.45, 7) is 1.37. The van der Waals surface area contributed by atoms with E-state index in [1.54, 1.807) is 27.6 Å². The van der Waals surface area contributed by atoms with Crippen molar-refractivity contribution in [3.05, 3.63) is 22.4 Å². The molecule has 4 heterocycles. The van der Waals surface area contributed by atoms with Gasteiger partial charge in [-0.05, 0) is 24.3 Å². The van der Waals surface area contributed by atoms with Crippen molar-refractivity contribution in [2.45, 2.75) is 31.0 Å². The van der Waals surface area contributed by atoms with Crippen molar-refractivity contribution in [1.29, 1.82) is 0 Å². The molecule has 9 nitrogen and oxygen atoms in total. The zero-order chi connectivity index (χ0) is 21.1. The molecule has 162 valence electrons. The minimum Gasteiger partial charge on any atom is -0.354 e. The van der Waals surface area contributed by atoms with Crippen molar-refractivity contribution in [3.8, 4) is 0 Å². The summed E-state index contributed by atoms with van der Waals surface area (Å²) in [6.07, 6.45) is 1.35. The van der Waals surface area contributed by atoms with Gasteiger partial charge in [-0.25, -0.2) is 0 Å². The number of amides is 4. The molecule has 1 aromatic rings. The predicted octanol–water partition coefficient (Wildman–Crippen LogP) is -0.542. The maximum Gasteiger partial charge on any atom is 0.264 e. The number of thioether (sulfide) groups is 1. The van der Waals surface area contributed by atoms with Crippen LogP contribution >= 0.6 is 23.1 Å². The number of thiophene rings is 1. The summed E-state index contributed by atoms with van der Waals surface area (Å²) < 4.78 is 0. The van der Waals surface area contributed by atoms with Crippen molar-refractivity contribution < 1.29 is 19.2 Å². The van der Waals surface area contributed by atoms with Crippen LogP contribution in [0.4, 0.5) is 0 Å². The van der Waals surface area contributed by atoms with Crippen LogP contribution in [-0.2, 0) is 14.4 Å². The first-order valence-electron chi connectivity index (χ1n) is 10.1. The van der Waals surface area contributed by atoms with Gasteiger partial charge in [0, 0.05) is 31.3 Å². The topological polar surface area (TPSA) is 111 Å². The maximum absolute atomic E-state index is 13.2. The molecule has 30 heavy (non-hydrogen) atoms. The lowest BCUT2D eigenvalue weighted by Crippen LogP contribution is -2.65. The van der Waals surface area contributed by atoms with Crippen LogP contribution in [0, 0.1) is 0 Å². The van der Waals surface area contributed by atoms with E-state index in [9.17, 15) is 19.2 Å². The number of carbonyl (C=O) groups is 4. The van der Waals surface area contributed by atoms with Crippen LogP contribution in [0.3, 0.4) is 0 Å². The number of rotatable bonds is 4. The van der Waals surface area contributed by atoms with Crippen molar-refractivity contribution in [2.24, 2.45) is 0 Å². The van der Waals surface area contributed by atoms with Crippen molar-refractivity contribution in [3.63, 3.8) is 0 Å². The fourth-order valence-electron chi connectivity index (χ4n) is 3.94. The predicted molar refractivity (Wildman–Crippen MR) is 114 cm³/mol. The summed E-state index contributed by atoms with van der Waals surface area (Å²) in [6, 6.07) is 1.81. The van der Waals surface area contributed by atoms with E-state index in [1.165, 1.54) is 11.3 Å². The SMILES string of the molecule is O=C(N[C@@H]1CCCNC1=O)[C@H]1CN(C(=O)c2cccs2)CCN1C(=O)[C@H]1CSCN1. The lowest BCUT2D eigenvalue weighted by Gasteiger charge is -2.41. The third-order valence-corrected chi connectivity index (χ3v) is 7.40. The third kappa shape index (κ3) is 4.47. The molecule has 0 radical (unpaired) electrons. The molecule has 4 rings (SSSR count). The van der Waals surface area contributed by atoms with Gasteiger partial charge < -0.3 is 20.4 Å². The monoisotopic (exact) mass is 451 g/mol. The van der Waals surface area contributed by atoms with Crippen molar-refractivity contribution in [2.75, 3.05) is 37.8 Å². The Kier molecular flexibility index (Phi) is 6.59. The minimum atomic E-state index is -0.822. The van der Waals surface area contributed by atoms with E-state index in [1.807, 2.05) is 11.4 Å². The minimum absolute atomic E-state index is 0.114. The van der Waals surface area contributed by atoms with Gasteiger partial charge in [-0.15, -0.1) is 23.1 Å². The van der Waals surface area contributed by atoms with Crippen LogP contribution in [0.25, 0.3) is 0 Å². The molecule has 0 bridgehead atoms. The molecular weight excluding hydrogens is 426 g/mol. The number of hydrogen-bond acceptors (Lipinski definition) is 7. The summed E-state index contributed by atoms with van der Waals surface area (Å²) in [7, 11) is 0. The highest BCUT2D eigenvalue weighted by Gasteiger charge is 2.41. The van der Waals surface area contributed by atoms with Crippen LogP contribution in [0.5, 0.6) is 0 Å². The smallest absolute Gasteiger partial charge is 0.264 e. The molecule has 3 fully saturated rings. The summed E-state index contributed by atoms with van der Waals surface area (Å²) in [5, 5.41) is 10.5. The van der Waals surface area contributed by atoms with Gasteiger partial charge in [0.1, 0.15) is 12.1 Å². The Morgan fingerprint density at radius 2 is 2.10 bits per heavy atom. The fourth-order valence-corrected chi connectivity index (χ4v) is 5.57. The number of nitrogens with zero attached hydrogens (tertiary/aromatic N) is 2. The molecule has 0 spiro atoms. The maximum atomic E-state index is 13.2. The molecule has 3 aliphatic heterocycles. The van der Waals surface area contributed by atoms with Crippen molar-refractivity contribution >= 4 is 46.7 Å². The average Bonchev–Trinajstić information content (AvgIpc) is 3.48. The molecule has 0 saturated carbocycles. The van der Waals surface area contributed by atoms with Crippen LogP contribution < -0.4 is 16.0 Å². The Morgan fingerprint density at radius 1 is 1.23 bits per heavy atom. The van der Waals surface area contributed by atoms with Gasteiger partial charge in [0.05, 0.1) is 17.5 Å². The molecule has 11 heteroatoms. The number of carbonyl (C=O) groups excluding carboxylic acids is 4. The number of hydrogen-bond donors (Lipinski definition) is 3. The zero-order valence-corrected chi connectivity index (χ0v) is 18.1. The quantitative estimate of drug-likeness (QED) is 0.567. The van der Waals surface area contributed by atoms with E-state index in [0.29, 0.717) is 36.0 Å². The second-order valence-corrected chi connectivity index (χ2v) is 9.52. The molecular formula is C19H25N5O4S2. The summed E-state index contributed by atoms with van der Waals surface area (Å²) >= 11 is 2.99. The largest absolute Gasteiger partial charge is 0.354 e. The van der Waals surface area contributed by atoms with Gasteiger partial charge in [0.2, 0.25) is 17.7 Å². The van der Waals surface area contributed by atoms with E-state index in [-0.39, 0.29) is 42.8 Å². The lowest BCUT2D eigenvalue weighted by molar-refractivity contribution is -0.145. The van der Waals surface area contributed by atoms with E-state index in [4.69, 9.17) is 0 Å². The van der Waals surface area contributed by atoms with Gasteiger partial charge in [-0.2, -0.15) is 0 Å². The lowest BCUT2D eigenvalue weighted by atomic mass is 10.0.